The lowest BCUT2D eigenvalue weighted by Crippen LogP contribution is -2.66. The standard InChI is InChI=1S/C29H38O8/c1-18-9-11-28-16-34-26(32)14-19(2)10-12-33-20(3)21(30)7-5-6-8-25(31)37-22-15-24(36-23(28)13-18)29(17-35-29)27(22,28)4/h5-8,13-14,20-24,30H,9-12,15-17H2,1-4H3/b7-5+,8-6-,19-14+/t20-,21-,22-,23-,24-,27-,28?,29+/m1/s1. The van der Waals surface area contributed by atoms with Crippen LogP contribution in [0, 0.1) is 10.8 Å². The van der Waals surface area contributed by atoms with Crippen LogP contribution in [0.15, 0.2) is 47.6 Å². The monoisotopic (exact) mass is 514 g/mol. The fourth-order valence-corrected chi connectivity index (χ4v) is 6.80. The van der Waals surface area contributed by atoms with Crippen molar-refractivity contribution in [3.05, 3.63) is 47.6 Å². The number of rotatable bonds is 0. The predicted octanol–water partition coefficient (Wildman–Crippen LogP) is 3.34. The number of carbonyl (C=O) groups excluding carboxylic acids is 2. The van der Waals surface area contributed by atoms with Crippen molar-refractivity contribution >= 4 is 11.9 Å². The normalized spacial score (nSPS) is 47.6. The third kappa shape index (κ3) is 4.42. The maximum Gasteiger partial charge on any atom is 0.331 e. The van der Waals surface area contributed by atoms with Gasteiger partial charge in [0.15, 0.2) is 0 Å². The van der Waals surface area contributed by atoms with Crippen molar-refractivity contribution in [2.75, 3.05) is 19.8 Å². The molecule has 37 heavy (non-hydrogen) atoms. The molecule has 0 amide bonds. The molecular weight excluding hydrogens is 476 g/mol. The Hall–Kier alpha value is -2.26. The van der Waals surface area contributed by atoms with Crippen molar-refractivity contribution in [3.63, 3.8) is 0 Å². The van der Waals surface area contributed by atoms with E-state index in [1.165, 1.54) is 17.7 Å². The van der Waals surface area contributed by atoms with E-state index < -0.39 is 46.7 Å². The average molecular weight is 515 g/mol. The lowest BCUT2D eigenvalue weighted by molar-refractivity contribution is -0.232. The minimum atomic E-state index is -0.839. The van der Waals surface area contributed by atoms with E-state index in [1.54, 1.807) is 25.2 Å². The molecule has 5 rings (SSSR count). The van der Waals surface area contributed by atoms with Crippen LogP contribution >= 0.6 is 0 Å². The Morgan fingerprint density at radius 2 is 1.81 bits per heavy atom. The van der Waals surface area contributed by atoms with E-state index in [4.69, 9.17) is 23.7 Å². The second kappa shape index (κ2) is 9.80. The van der Waals surface area contributed by atoms with Crippen molar-refractivity contribution in [3.8, 4) is 0 Å². The number of hydrogen-bond donors (Lipinski definition) is 1. The molecule has 0 aromatic heterocycles. The van der Waals surface area contributed by atoms with Crippen molar-refractivity contribution in [1.82, 2.24) is 0 Å². The first-order chi connectivity index (χ1) is 17.6. The number of epoxide rings is 1. The SMILES string of the molecule is CC1=C[C@H]2O[C@@H]3C[C@H]4OC(=O)/C=C\C=C\[C@@H](O)[C@@H](C)OCC/C(C)=C/C(=O)OCC2(CC1)[C@]4(C)[C@]31CO1. The number of hydrogen-bond acceptors (Lipinski definition) is 8. The molecule has 8 atom stereocenters. The summed E-state index contributed by atoms with van der Waals surface area (Å²) in [6.07, 6.45) is 10.2. The van der Waals surface area contributed by atoms with Crippen LogP contribution < -0.4 is 0 Å². The van der Waals surface area contributed by atoms with E-state index in [1.807, 2.05) is 6.92 Å². The maximum absolute atomic E-state index is 12.9. The summed E-state index contributed by atoms with van der Waals surface area (Å²) in [7, 11) is 0. The number of carbonyl (C=O) groups is 2. The summed E-state index contributed by atoms with van der Waals surface area (Å²) in [6, 6.07) is 0. The molecule has 202 valence electrons. The molecule has 3 fully saturated rings. The van der Waals surface area contributed by atoms with Crippen LogP contribution in [0.25, 0.3) is 0 Å². The lowest BCUT2D eigenvalue weighted by atomic mass is 9.51. The molecule has 2 bridgehead atoms. The molecule has 2 spiro atoms. The predicted molar refractivity (Wildman–Crippen MR) is 134 cm³/mol. The first-order valence-electron chi connectivity index (χ1n) is 13.3. The molecule has 0 radical (unpaired) electrons. The van der Waals surface area contributed by atoms with Gasteiger partial charge in [-0.3, -0.25) is 0 Å². The Kier molecular flexibility index (Phi) is 6.98. The Morgan fingerprint density at radius 3 is 2.57 bits per heavy atom. The van der Waals surface area contributed by atoms with Crippen molar-refractivity contribution < 1.29 is 38.4 Å². The molecule has 8 nitrogen and oxygen atoms in total. The highest BCUT2D eigenvalue weighted by atomic mass is 16.6. The van der Waals surface area contributed by atoms with E-state index in [-0.39, 0.29) is 18.8 Å². The minimum Gasteiger partial charge on any atom is -0.462 e. The lowest BCUT2D eigenvalue weighted by Gasteiger charge is -2.58. The van der Waals surface area contributed by atoms with Gasteiger partial charge in [-0.05, 0) is 40.0 Å². The summed E-state index contributed by atoms with van der Waals surface area (Å²) in [5.74, 6) is -0.891. The van der Waals surface area contributed by atoms with Gasteiger partial charge >= 0.3 is 11.9 Å². The molecule has 1 N–H and O–H groups in total. The number of cyclic esters (lactones) is 1. The third-order valence-electron chi connectivity index (χ3n) is 9.32. The summed E-state index contributed by atoms with van der Waals surface area (Å²) in [6.45, 7) is 8.88. The molecule has 0 aromatic carbocycles. The van der Waals surface area contributed by atoms with Crippen LogP contribution in [-0.4, -0.2) is 73.0 Å². The molecule has 1 saturated carbocycles. The van der Waals surface area contributed by atoms with Crippen molar-refractivity contribution in [2.24, 2.45) is 10.8 Å². The zero-order valence-electron chi connectivity index (χ0n) is 22.1. The maximum atomic E-state index is 12.9. The van der Waals surface area contributed by atoms with E-state index in [0.717, 1.165) is 18.4 Å². The van der Waals surface area contributed by atoms with Gasteiger partial charge in [0.2, 0.25) is 0 Å². The quantitative estimate of drug-likeness (QED) is 0.298. The highest BCUT2D eigenvalue weighted by Gasteiger charge is 2.83. The van der Waals surface area contributed by atoms with Gasteiger partial charge in [-0.2, -0.15) is 0 Å². The summed E-state index contributed by atoms with van der Waals surface area (Å²) in [4.78, 5) is 25.8. The Labute approximate surface area is 218 Å². The smallest absolute Gasteiger partial charge is 0.331 e. The van der Waals surface area contributed by atoms with Gasteiger partial charge in [-0.15, -0.1) is 0 Å². The summed E-state index contributed by atoms with van der Waals surface area (Å²) >= 11 is 0. The van der Waals surface area contributed by atoms with E-state index in [2.05, 4.69) is 19.9 Å². The number of aliphatic hydroxyl groups excluding tert-OH is 1. The van der Waals surface area contributed by atoms with Crippen LogP contribution in [0.3, 0.4) is 0 Å². The van der Waals surface area contributed by atoms with E-state index in [9.17, 15) is 14.7 Å². The van der Waals surface area contributed by atoms with Crippen LogP contribution in [-0.2, 0) is 33.3 Å². The number of ether oxygens (including phenoxy) is 5. The fraction of sp³-hybridized carbons (Fsp3) is 0.655. The molecule has 8 heteroatoms. The zero-order valence-corrected chi connectivity index (χ0v) is 22.1. The molecule has 3 heterocycles. The molecule has 3 aliphatic heterocycles. The third-order valence-corrected chi connectivity index (χ3v) is 9.32. The molecule has 0 aromatic rings. The van der Waals surface area contributed by atoms with Gasteiger partial charge in [0.05, 0.1) is 43.0 Å². The average Bonchev–Trinajstić information content (AvgIpc) is 3.63. The van der Waals surface area contributed by atoms with Crippen LogP contribution in [0.4, 0.5) is 0 Å². The molecule has 1 unspecified atom stereocenters. The fourth-order valence-electron chi connectivity index (χ4n) is 6.80. The first kappa shape index (κ1) is 26.4. The zero-order chi connectivity index (χ0) is 26.4. The largest absolute Gasteiger partial charge is 0.462 e. The van der Waals surface area contributed by atoms with Gasteiger partial charge in [0, 0.05) is 24.0 Å². The van der Waals surface area contributed by atoms with Gasteiger partial charge in [0.1, 0.15) is 18.3 Å². The van der Waals surface area contributed by atoms with Gasteiger partial charge in [0.25, 0.3) is 0 Å². The number of esters is 2. The molecule has 2 saturated heterocycles. The number of aliphatic hydroxyl groups is 1. The van der Waals surface area contributed by atoms with E-state index in [0.29, 0.717) is 26.1 Å². The molecule has 2 aliphatic carbocycles. The summed E-state index contributed by atoms with van der Waals surface area (Å²) < 4.78 is 30.5. The Bertz CT molecular complexity index is 1050. The Morgan fingerprint density at radius 1 is 1.03 bits per heavy atom. The first-order valence-corrected chi connectivity index (χ1v) is 13.3. The van der Waals surface area contributed by atoms with Crippen LogP contribution in [0.2, 0.25) is 0 Å². The highest BCUT2D eigenvalue weighted by Crippen LogP contribution is 2.72. The number of allylic oxidation sites excluding steroid dienone is 3. The van der Waals surface area contributed by atoms with Crippen molar-refractivity contribution in [2.45, 2.75) is 89.5 Å². The van der Waals surface area contributed by atoms with E-state index >= 15 is 0 Å². The minimum absolute atomic E-state index is 0.144. The second-order valence-electron chi connectivity index (χ2n) is 11.4. The van der Waals surface area contributed by atoms with Crippen molar-refractivity contribution in [1.29, 1.82) is 0 Å². The van der Waals surface area contributed by atoms with Crippen LogP contribution in [0.5, 0.6) is 0 Å². The molecule has 5 aliphatic rings. The van der Waals surface area contributed by atoms with Gasteiger partial charge < -0.3 is 28.8 Å². The van der Waals surface area contributed by atoms with Crippen LogP contribution in [0.1, 0.15) is 53.4 Å². The van der Waals surface area contributed by atoms with Gasteiger partial charge in [-0.1, -0.05) is 42.4 Å². The second-order valence-corrected chi connectivity index (χ2v) is 11.4. The van der Waals surface area contributed by atoms with Gasteiger partial charge in [-0.25, -0.2) is 9.59 Å². The Balaban J connectivity index is 1.50. The highest BCUT2D eigenvalue weighted by molar-refractivity contribution is 5.83. The topological polar surface area (TPSA) is 104 Å². The molecular formula is C29H38O8. The summed E-state index contributed by atoms with van der Waals surface area (Å²) in [5.41, 5.74) is 0.297. The summed E-state index contributed by atoms with van der Waals surface area (Å²) in [5, 5.41) is 10.3.